The second kappa shape index (κ2) is 6.99. The van der Waals surface area contributed by atoms with Crippen molar-refractivity contribution in [2.45, 2.75) is 32.8 Å². The molecule has 0 N–H and O–H groups in total. The Morgan fingerprint density at radius 1 is 1.31 bits per heavy atom. The molecule has 3 aromatic rings. The Morgan fingerprint density at radius 2 is 2.19 bits per heavy atom. The summed E-state index contributed by atoms with van der Waals surface area (Å²) in [6.45, 7) is 5.95. The van der Waals surface area contributed by atoms with Crippen molar-refractivity contribution < 1.29 is 9.13 Å². The number of aryl methyl sites for hydroxylation is 2. The van der Waals surface area contributed by atoms with E-state index in [1.165, 1.54) is 12.4 Å². The van der Waals surface area contributed by atoms with Crippen LogP contribution in [0.25, 0.3) is 5.78 Å². The van der Waals surface area contributed by atoms with Gasteiger partial charge in [0.05, 0.1) is 6.61 Å². The number of halogens is 1. The molecule has 1 aliphatic heterocycles. The topological polar surface area (TPSA) is 55.6 Å². The average Bonchev–Trinajstić information content (AvgIpc) is 3.12. The number of nitrogens with zero attached hydrogens (tertiary/aromatic N) is 5. The standard InChI is InChI=1S/C19H22FN5O/c1-3-4-15-10-18(25-19(23-15)21-12-22-25)24-7-8-26-17(11-24)14-5-6-16(20)13(2)9-14/h5-6,9-10,12,17H,3-4,7-8,11H2,1-2H3. The molecule has 26 heavy (non-hydrogen) atoms. The van der Waals surface area contributed by atoms with Crippen molar-refractivity contribution in [3.63, 3.8) is 0 Å². The lowest BCUT2D eigenvalue weighted by molar-refractivity contribution is 0.0393. The number of morpholine rings is 1. The van der Waals surface area contributed by atoms with Crippen LogP contribution in [0.3, 0.4) is 0 Å². The molecule has 4 rings (SSSR count). The van der Waals surface area contributed by atoms with Crippen LogP contribution in [0.15, 0.2) is 30.6 Å². The van der Waals surface area contributed by atoms with Crippen molar-refractivity contribution in [1.29, 1.82) is 0 Å². The average molecular weight is 355 g/mol. The molecule has 1 atom stereocenters. The van der Waals surface area contributed by atoms with E-state index in [4.69, 9.17) is 4.74 Å². The fourth-order valence-electron chi connectivity index (χ4n) is 3.38. The molecule has 136 valence electrons. The van der Waals surface area contributed by atoms with E-state index in [0.29, 0.717) is 24.5 Å². The highest BCUT2D eigenvalue weighted by molar-refractivity contribution is 5.48. The molecule has 1 fully saturated rings. The molecule has 0 bridgehead atoms. The second-order valence-corrected chi connectivity index (χ2v) is 6.64. The fraction of sp³-hybridized carbons (Fsp3) is 0.421. The van der Waals surface area contributed by atoms with Gasteiger partial charge in [-0.05, 0) is 30.5 Å². The molecule has 0 radical (unpaired) electrons. The lowest BCUT2D eigenvalue weighted by atomic mass is 10.0. The maximum Gasteiger partial charge on any atom is 0.254 e. The zero-order chi connectivity index (χ0) is 18.1. The highest BCUT2D eigenvalue weighted by Crippen LogP contribution is 2.27. The highest BCUT2D eigenvalue weighted by atomic mass is 19.1. The van der Waals surface area contributed by atoms with Crippen molar-refractivity contribution in [3.05, 3.63) is 53.2 Å². The Hall–Kier alpha value is -2.54. The molecule has 1 aromatic carbocycles. The van der Waals surface area contributed by atoms with Crippen molar-refractivity contribution >= 4 is 11.6 Å². The Morgan fingerprint density at radius 3 is 3.00 bits per heavy atom. The van der Waals surface area contributed by atoms with Crippen LogP contribution in [-0.4, -0.2) is 39.3 Å². The molecular weight excluding hydrogens is 333 g/mol. The molecule has 0 spiro atoms. The molecule has 1 aliphatic rings. The van der Waals surface area contributed by atoms with Gasteiger partial charge in [-0.15, -0.1) is 0 Å². The van der Waals surface area contributed by atoms with Gasteiger partial charge in [0, 0.05) is 24.8 Å². The second-order valence-electron chi connectivity index (χ2n) is 6.64. The molecule has 6 nitrogen and oxygen atoms in total. The van der Waals surface area contributed by atoms with Crippen LogP contribution >= 0.6 is 0 Å². The molecule has 2 aromatic heterocycles. The summed E-state index contributed by atoms with van der Waals surface area (Å²) in [6.07, 6.45) is 3.35. The first-order chi connectivity index (χ1) is 12.7. The normalized spacial score (nSPS) is 17.8. The number of anilines is 1. The quantitative estimate of drug-likeness (QED) is 0.720. The van der Waals surface area contributed by atoms with Crippen molar-refractivity contribution in [2.24, 2.45) is 0 Å². The van der Waals surface area contributed by atoms with E-state index in [-0.39, 0.29) is 11.9 Å². The van der Waals surface area contributed by atoms with Crippen LogP contribution < -0.4 is 4.90 Å². The summed E-state index contributed by atoms with van der Waals surface area (Å²) in [6, 6.07) is 7.26. The van der Waals surface area contributed by atoms with E-state index >= 15 is 0 Å². The number of hydrogen-bond acceptors (Lipinski definition) is 5. The summed E-state index contributed by atoms with van der Waals surface area (Å²) in [5, 5.41) is 4.33. The summed E-state index contributed by atoms with van der Waals surface area (Å²) in [4.78, 5) is 11.1. The van der Waals surface area contributed by atoms with Crippen LogP contribution in [0.2, 0.25) is 0 Å². The lowest BCUT2D eigenvalue weighted by Crippen LogP contribution is -2.39. The third-order valence-electron chi connectivity index (χ3n) is 4.74. The van der Waals surface area contributed by atoms with Crippen LogP contribution in [-0.2, 0) is 11.2 Å². The zero-order valence-electron chi connectivity index (χ0n) is 15.0. The van der Waals surface area contributed by atoms with E-state index in [1.807, 2.05) is 6.07 Å². The number of benzene rings is 1. The SMILES string of the molecule is CCCc1cc(N2CCOC(c3ccc(F)c(C)c3)C2)n2ncnc2n1. The molecule has 7 heteroatoms. The van der Waals surface area contributed by atoms with E-state index in [0.717, 1.165) is 36.5 Å². The maximum absolute atomic E-state index is 13.6. The molecule has 0 aliphatic carbocycles. The number of rotatable bonds is 4. The molecule has 3 heterocycles. The smallest absolute Gasteiger partial charge is 0.254 e. The van der Waals surface area contributed by atoms with Gasteiger partial charge in [0.1, 0.15) is 24.1 Å². The van der Waals surface area contributed by atoms with Crippen LogP contribution in [0.5, 0.6) is 0 Å². The van der Waals surface area contributed by atoms with Gasteiger partial charge in [-0.2, -0.15) is 14.6 Å². The van der Waals surface area contributed by atoms with E-state index in [1.54, 1.807) is 17.5 Å². The summed E-state index contributed by atoms with van der Waals surface area (Å²) in [5.74, 6) is 1.40. The van der Waals surface area contributed by atoms with Crippen molar-refractivity contribution in [3.8, 4) is 0 Å². The number of ether oxygens (including phenoxy) is 1. The summed E-state index contributed by atoms with van der Waals surface area (Å²) in [5.41, 5.74) is 2.64. The van der Waals surface area contributed by atoms with E-state index < -0.39 is 0 Å². The minimum atomic E-state index is -0.191. The maximum atomic E-state index is 13.6. The van der Waals surface area contributed by atoms with Gasteiger partial charge in [-0.25, -0.2) is 9.37 Å². The minimum absolute atomic E-state index is 0.107. The molecule has 1 saturated heterocycles. The zero-order valence-corrected chi connectivity index (χ0v) is 15.0. The third kappa shape index (κ3) is 3.14. The molecule has 0 saturated carbocycles. The fourth-order valence-corrected chi connectivity index (χ4v) is 3.38. The summed E-state index contributed by atoms with van der Waals surface area (Å²) < 4.78 is 21.3. The van der Waals surface area contributed by atoms with Gasteiger partial charge >= 0.3 is 0 Å². The minimum Gasteiger partial charge on any atom is -0.370 e. The molecule has 1 unspecified atom stereocenters. The van der Waals surface area contributed by atoms with Crippen molar-refractivity contribution in [2.75, 3.05) is 24.6 Å². The molecule has 0 amide bonds. The lowest BCUT2D eigenvalue weighted by Gasteiger charge is -2.34. The monoisotopic (exact) mass is 355 g/mol. The predicted octanol–water partition coefficient (Wildman–Crippen LogP) is 3.10. The van der Waals surface area contributed by atoms with E-state index in [2.05, 4.69) is 33.0 Å². The summed E-state index contributed by atoms with van der Waals surface area (Å²) in [7, 11) is 0. The van der Waals surface area contributed by atoms with Crippen LogP contribution in [0.1, 0.15) is 36.3 Å². The number of aromatic nitrogens is 4. The summed E-state index contributed by atoms with van der Waals surface area (Å²) >= 11 is 0. The van der Waals surface area contributed by atoms with Crippen molar-refractivity contribution in [1.82, 2.24) is 19.6 Å². The number of fused-ring (bicyclic) bond motifs is 1. The Bertz CT molecular complexity index is 925. The van der Waals surface area contributed by atoms with E-state index in [9.17, 15) is 4.39 Å². The largest absolute Gasteiger partial charge is 0.370 e. The first kappa shape index (κ1) is 16.9. The van der Waals surface area contributed by atoms with Gasteiger partial charge in [-0.1, -0.05) is 25.5 Å². The van der Waals surface area contributed by atoms with Gasteiger partial charge in [0.15, 0.2) is 0 Å². The van der Waals surface area contributed by atoms with Gasteiger partial charge < -0.3 is 9.64 Å². The van der Waals surface area contributed by atoms with Crippen LogP contribution in [0.4, 0.5) is 10.2 Å². The van der Waals surface area contributed by atoms with Gasteiger partial charge in [0.25, 0.3) is 5.78 Å². The Balaban J connectivity index is 1.66. The molecular formula is C19H22FN5O. The van der Waals surface area contributed by atoms with Gasteiger partial charge in [-0.3, -0.25) is 0 Å². The number of hydrogen-bond donors (Lipinski definition) is 0. The van der Waals surface area contributed by atoms with Gasteiger partial charge in [0.2, 0.25) is 0 Å². The third-order valence-corrected chi connectivity index (χ3v) is 4.74. The first-order valence-corrected chi connectivity index (χ1v) is 8.98. The predicted molar refractivity (Wildman–Crippen MR) is 96.8 cm³/mol. The first-order valence-electron chi connectivity index (χ1n) is 8.98. The van der Waals surface area contributed by atoms with Crippen LogP contribution in [0, 0.1) is 12.7 Å². The Labute approximate surface area is 151 Å². The Kier molecular flexibility index (Phi) is 4.55. The highest BCUT2D eigenvalue weighted by Gasteiger charge is 2.25.